The minimum absolute atomic E-state index is 0.0378. The zero-order valence-electron chi connectivity index (χ0n) is 13.1. The number of carbonyl (C=O) groups is 1. The minimum Gasteiger partial charge on any atom is -0.507 e. The van der Waals surface area contributed by atoms with Crippen LogP contribution in [0.2, 0.25) is 0 Å². The van der Waals surface area contributed by atoms with E-state index in [0.717, 1.165) is 6.07 Å². The third-order valence-electron chi connectivity index (χ3n) is 4.19. The molecule has 2 aromatic carbocycles. The van der Waals surface area contributed by atoms with Gasteiger partial charge in [0.1, 0.15) is 5.75 Å². The average molecular weight is 332 g/mol. The topological polar surface area (TPSA) is 43.8 Å². The van der Waals surface area contributed by atoms with E-state index in [1.54, 1.807) is 29.2 Å². The zero-order chi connectivity index (χ0) is 17.1. The fourth-order valence-corrected chi connectivity index (χ4v) is 2.89. The van der Waals surface area contributed by atoms with Gasteiger partial charge in [0, 0.05) is 37.9 Å². The highest BCUT2D eigenvalue weighted by atomic mass is 19.2. The lowest BCUT2D eigenvalue weighted by molar-refractivity contribution is 0.0764. The SMILES string of the molecule is O=C(c1ccccc1O)N1CCCN(c2ccc(F)c(F)c2)CC1. The van der Waals surface area contributed by atoms with Gasteiger partial charge in [0.25, 0.3) is 5.91 Å². The summed E-state index contributed by atoms with van der Waals surface area (Å²) in [7, 11) is 0. The van der Waals surface area contributed by atoms with E-state index in [2.05, 4.69) is 0 Å². The van der Waals surface area contributed by atoms with Gasteiger partial charge in [0.15, 0.2) is 11.6 Å². The van der Waals surface area contributed by atoms with E-state index in [-0.39, 0.29) is 17.2 Å². The van der Waals surface area contributed by atoms with E-state index in [9.17, 15) is 18.7 Å². The molecular formula is C18H18F2N2O2. The number of anilines is 1. The maximum absolute atomic E-state index is 13.4. The number of halogens is 2. The Kier molecular flexibility index (Phi) is 4.64. The summed E-state index contributed by atoms with van der Waals surface area (Å²) in [6.45, 7) is 2.17. The summed E-state index contributed by atoms with van der Waals surface area (Å²) in [6.07, 6.45) is 0.707. The molecule has 0 aliphatic carbocycles. The van der Waals surface area contributed by atoms with Gasteiger partial charge in [-0.15, -0.1) is 0 Å². The second kappa shape index (κ2) is 6.86. The zero-order valence-corrected chi connectivity index (χ0v) is 13.1. The third-order valence-corrected chi connectivity index (χ3v) is 4.19. The molecule has 1 aliphatic heterocycles. The third kappa shape index (κ3) is 3.32. The molecule has 1 saturated heterocycles. The Bertz CT molecular complexity index is 752. The fraction of sp³-hybridized carbons (Fsp3) is 0.278. The highest BCUT2D eigenvalue weighted by molar-refractivity contribution is 5.96. The van der Waals surface area contributed by atoms with E-state index in [0.29, 0.717) is 38.3 Å². The molecule has 0 spiro atoms. The highest BCUT2D eigenvalue weighted by Crippen LogP contribution is 2.22. The van der Waals surface area contributed by atoms with E-state index >= 15 is 0 Å². The van der Waals surface area contributed by atoms with Crippen LogP contribution < -0.4 is 4.90 Å². The highest BCUT2D eigenvalue weighted by Gasteiger charge is 2.22. The van der Waals surface area contributed by atoms with Crippen molar-refractivity contribution in [1.29, 1.82) is 0 Å². The number of nitrogens with zero attached hydrogens (tertiary/aromatic N) is 2. The van der Waals surface area contributed by atoms with E-state index in [4.69, 9.17) is 0 Å². The van der Waals surface area contributed by atoms with Gasteiger partial charge >= 0.3 is 0 Å². The van der Waals surface area contributed by atoms with Gasteiger partial charge in [-0.2, -0.15) is 0 Å². The molecule has 0 saturated carbocycles. The van der Waals surface area contributed by atoms with Crippen LogP contribution in [0.1, 0.15) is 16.8 Å². The molecule has 2 aromatic rings. The Morgan fingerprint density at radius 3 is 2.50 bits per heavy atom. The van der Waals surface area contributed by atoms with E-state index in [1.807, 2.05) is 4.90 Å². The van der Waals surface area contributed by atoms with Crippen LogP contribution >= 0.6 is 0 Å². The summed E-state index contributed by atoms with van der Waals surface area (Å²) in [4.78, 5) is 16.2. The predicted octanol–water partition coefficient (Wildman–Crippen LogP) is 3.02. The first-order valence-electron chi connectivity index (χ1n) is 7.83. The summed E-state index contributed by atoms with van der Waals surface area (Å²) in [5.41, 5.74) is 0.879. The molecule has 0 atom stereocenters. The number of hydrogen-bond donors (Lipinski definition) is 1. The molecule has 24 heavy (non-hydrogen) atoms. The molecule has 1 fully saturated rings. The number of phenols is 1. The molecule has 3 rings (SSSR count). The van der Waals surface area contributed by atoms with Crippen LogP contribution in [0.3, 0.4) is 0 Å². The molecule has 126 valence electrons. The van der Waals surface area contributed by atoms with Crippen LogP contribution in [0.5, 0.6) is 5.75 Å². The average Bonchev–Trinajstić information content (AvgIpc) is 2.83. The largest absolute Gasteiger partial charge is 0.507 e. The molecule has 6 heteroatoms. The second-order valence-electron chi connectivity index (χ2n) is 5.75. The van der Waals surface area contributed by atoms with Crippen LogP contribution in [0, 0.1) is 11.6 Å². The molecule has 0 unspecified atom stereocenters. The van der Waals surface area contributed by atoms with Gasteiger partial charge in [-0.3, -0.25) is 4.79 Å². The fourth-order valence-electron chi connectivity index (χ4n) is 2.89. The van der Waals surface area contributed by atoms with Gasteiger partial charge in [-0.05, 0) is 30.7 Å². The Morgan fingerprint density at radius 1 is 0.958 bits per heavy atom. The number of amides is 1. The van der Waals surface area contributed by atoms with Crippen molar-refractivity contribution in [2.45, 2.75) is 6.42 Å². The van der Waals surface area contributed by atoms with Crippen molar-refractivity contribution >= 4 is 11.6 Å². The normalized spacial score (nSPS) is 15.2. The maximum Gasteiger partial charge on any atom is 0.257 e. The number of aromatic hydroxyl groups is 1. The molecule has 1 amide bonds. The first kappa shape index (κ1) is 16.2. The monoisotopic (exact) mass is 332 g/mol. The van der Waals surface area contributed by atoms with Crippen molar-refractivity contribution in [3.05, 3.63) is 59.7 Å². The van der Waals surface area contributed by atoms with Crippen molar-refractivity contribution in [2.75, 3.05) is 31.1 Å². The van der Waals surface area contributed by atoms with Crippen molar-refractivity contribution in [2.24, 2.45) is 0 Å². The van der Waals surface area contributed by atoms with Crippen LogP contribution in [-0.4, -0.2) is 42.1 Å². The number of benzene rings is 2. The first-order valence-corrected chi connectivity index (χ1v) is 7.83. The maximum atomic E-state index is 13.4. The number of carbonyl (C=O) groups excluding carboxylic acids is 1. The van der Waals surface area contributed by atoms with Gasteiger partial charge in [0.2, 0.25) is 0 Å². The molecule has 1 heterocycles. The summed E-state index contributed by atoms with van der Waals surface area (Å²) < 4.78 is 26.5. The van der Waals surface area contributed by atoms with Gasteiger partial charge in [-0.1, -0.05) is 12.1 Å². The first-order chi connectivity index (χ1) is 11.6. The van der Waals surface area contributed by atoms with Crippen molar-refractivity contribution in [3.63, 3.8) is 0 Å². The van der Waals surface area contributed by atoms with Crippen LogP contribution in [0.15, 0.2) is 42.5 Å². The summed E-state index contributed by atoms with van der Waals surface area (Å²) in [5.74, 6) is -2.01. The van der Waals surface area contributed by atoms with Gasteiger partial charge < -0.3 is 14.9 Å². The van der Waals surface area contributed by atoms with Crippen molar-refractivity contribution < 1.29 is 18.7 Å². The number of rotatable bonds is 2. The quantitative estimate of drug-likeness (QED) is 0.919. The second-order valence-corrected chi connectivity index (χ2v) is 5.75. The minimum atomic E-state index is -0.876. The number of phenolic OH excluding ortho intramolecular Hbond substituents is 1. The van der Waals surface area contributed by atoms with Crippen LogP contribution in [0.25, 0.3) is 0 Å². The summed E-state index contributed by atoms with van der Waals surface area (Å²) in [6, 6.07) is 10.3. The Balaban J connectivity index is 1.72. The van der Waals surface area contributed by atoms with E-state index in [1.165, 1.54) is 12.1 Å². The number of hydrogen-bond acceptors (Lipinski definition) is 3. The molecule has 0 radical (unpaired) electrons. The van der Waals surface area contributed by atoms with Gasteiger partial charge in [-0.25, -0.2) is 8.78 Å². The van der Waals surface area contributed by atoms with E-state index < -0.39 is 11.6 Å². The molecule has 4 nitrogen and oxygen atoms in total. The summed E-state index contributed by atoms with van der Waals surface area (Å²) >= 11 is 0. The molecule has 1 aliphatic rings. The smallest absolute Gasteiger partial charge is 0.257 e. The lowest BCUT2D eigenvalue weighted by Crippen LogP contribution is -2.35. The molecular weight excluding hydrogens is 314 g/mol. The lowest BCUT2D eigenvalue weighted by atomic mass is 10.1. The van der Waals surface area contributed by atoms with Crippen molar-refractivity contribution in [1.82, 2.24) is 4.90 Å². The predicted molar refractivity (Wildman–Crippen MR) is 87.2 cm³/mol. The summed E-state index contributed by atoms with van der Waals surface area (Å²) in [5, 5.41) is 9.83. The Labute approximate surface area is 138 Å². The van der Waals surface area contributed by atoms with Crippen LogP contribution in [-0.2, 0) is 0 Å². The Morgan fingerprint density at radius 2 is 1.75 bits per heavy atom. The number of para-hydroxylation sites is 1. The standard InChI is InChI=1S/C18H18F2N2O2/c19-15-7-6-13(12-16(15)20)21-8-3-9-22(11-10-21)18(24)14-4-1-2-5-17(14)23/h1-2,4-7,12,23H,3,8-11H2. The van der Waals surface area contributed by atoms with Crippen molar-refractivity contribution in [3.8, 4) is 5.75 Å². The van der Waals surface area contributed by atoms with Gasteiger partial charge in [0.05, 0.1) is 5.56 Å². The lowest BCUT2D eigenvalue weighted by Gasteiger charge is -2.24. The van der Waals surface area contributed by atoms with Crippen LogP contribution in [0.4, 0.5) is 14.5 Å². The molecule has 0 bridgehead atoms. The Hall–Kier alpha value is -2.63. The molecule has 0 aromatic heterocycles. The molecule has 1 N–H and O–H groups in total.